The van der Waals surface area contributed by atoms with Crippen molar-refractivity contribution in [3.05, 3.63) is 33.8 Å². The van der Waals surface area contributed by atoms with Gasteiger partial charge < -0.3 is 10.0 Å². The van der Waals surface area contributed by atoms with E-state index < -0.39 is 0 Å². The highest BCUT2D eigenvalue weighted by Crippen LogP contribution is 2.23. The predicted molar refractivity (Wildman–Crippen MR) is 65.4 cm³/mol. The molecule has 0 aromatic heterocycles. The third kappa shape index (κ3) is 2.13. The maximum atomic E-state index is 12.2. The van der Waals surface area contributed by atoms with Crippen LogP contribution in [0, 0.1) is 6.92 Å². The minimum Gasteiger partial charge on any atom is -0.391 e. The smallest absolute Gasteiger partial charge is 0.255 e. The normalized spacial score (nSPS) is 20.2. The summed E-state index contributed by atoms with van der Waals surface area (Å²) < 4.78 is 0.849. The topological polar surface area (TPSA) is 40.5 Å². The van der Waals surface area contributed by atoms with E-state index in [9.17, 15) is 9.90 Å². The molecule has 0 bridgehead atoms. The SMILES string of the molecule is Cc1cccc(C(=O)N2CC[C@@H](O)C2)c1Br. The van der Waals surface area contributed by atoms with Crippen molar-refractivity contribution in [2.45, 2.75) is 19.4 Å². The third-order valence-corrected chi connectivity index (χ3v) is 3.93. The lowest BCUT2D eigenvalue weighted by atomic mass is 10.1. The summed E-state index contributed by atoms with van der Waals surface area (Å²) in [4.78, 5) is 13.8. The fourth-order valence-corrected chi connectivity index (χ4v) is 2.34. The van der Waals surface area contributed by atoms with E-state index in [1.54, 1.807) is 4.90 Å². The molecule has 2 rings (SSSR count). The standard InChI is InChI=1S/C12H14BrNO2/c1-8-3-2-4-10(11(8)13)12(16)14-6-5-9(15)7-14/h2-4,9,15H,5-7H2,1H3/t9-/m1/s1. The summed E-state index contributed by atoms with van der Waals surface area (Å²) in [6, 6.07) is 5.64. The fraction of sp³-hybridized carbons (Fsp3) is 0.417. The van der Waals surface area contributed by atoms with Gasteiger partial charge in [-0.05, 0) is 40.9 Å². The Labute approximate surface area is 103 Å². The van der Waals surface area contributed by atoms with Crippen LogP contribution in [0.4, 0.5) is 0 Å². The molecule has 0 saturated carbocycles. The first-order chi connectivity index (χ1) is 7.59. The number of aliphatic hydroxyl groups excluding tert-OH is 1. The Balaban J connectivity index is 2.24. The van der Waals surface area contributed by atoms with Crippen molar-refractivity contribution in [1.82, 2.24) is 4.90 Å². The van der Waals surface area contributed by atoms with Crippen LogP contribution in [0.5, 0.6) is 0 Å². The van der Waals surface area contributed by atoms with Gasteiger partial charge in [-0.25, -0.2) is 0 Å². The number of hydrogen-bond donors (Lipinski definition) is 1. The molecule has 1 aliphatic heterocycles. The van der Waals surface area contributed by atoms with Crippen LogP contribution in [-0.4, -0.2) is 35.1 Å². The van der Waals surface area contributed by atoms with Crippen LogP contribution < -0.4 is 0 Å². The molecule has 16 heavy (non-hydrogen) atoms. The van der Waals surface area contributed by atoms with Crippen LogP contribution in [0.25, 0.3) is 0 Å². The fourth-order valence-electron chi connectivity index (χ4n) is 1.91. The number of likely N-dealkylation sites (tertiary alicyclic amines) is 1. The average molecular weight is 284 g/mol. The second-order valence-corrected chi connectivity index (χ2v) is 4.92. The predicted octanol–water partition coefficient (Wildman–Crippen LogP) is 1.96. The molecular weight excluding hydrogens is 270 g/mol. The molecule has 3 nitrogen and oxygen atoms in total. The molecule has 86 valence electrons. The summed E-state index contributed by atoms with van der Waals surface area (Å²) in [5.74, 6) is -0.00729. The second kappa shape index (κ2) is 4.55. The van der Waals surface area contributed by atoms with Gasteiger partial charge in [0.05, 0.1) is 11.7 Å². The molecular formula is C12H14BrNO2. The first kappa shape index (κ1) is 11.6. The van der Waals surface area contributed by atoms with E-state index >= 15 is 0 Å². The zero-order valence-corrected chi connectivity index (χ0v) is 10.7. The molecule has 1 saturated heterocycles. The Morgan fingerprint density at radius 3 is 2.94 bits per heavy atom. The largest absolute Gasteiger partial charge is 0.391 e. The highest BCUT2D eigenvalue weighted by atomic mass is 79.9. The zero-order chi connectivity index (χ0) is 11.7. The van der Waals surface area contributed by atoms with Crippen LogP contribution in [0.15, 0.2) is 22.7 Å². The summed E-state index contributed by atoms with van der Waals surface area (Å²) in [5, 5.41) is 9.41. The van der Waals surface area contributed by atoms with Gasteiger partial charge in [0.2, 0.25) is 0 Å². The molecule has 0 aliphatic carbocycles. The van der Waals surface area contributed by atoms with E-state index in [0.717, 1.165) is 10.0 Å². The van der Waals surface area contributed by atoms with Crippen LogP contribution >= 0.6 is 15.9 Å². The minimum atomic E-state index is -0.368. The molecule has 0 radical (unpaired) electrons. The Kier molecular flexibility index (Phi) is 3.30. The molecule has 1 aromatic carbocycles. The van der Waals surface area contributed by atoms with Gasteiger partial charge in [-0.2, -0.15) is 0 Å². The number of aliphatic hydroxyl groups is 1. The first-order valence-electron chi connectivity index (χ1n) is 5.32. The van der Waals surface area contributed by atoms with Gasteiger partial charge in [-0.3, -0.25) is 4.79 Å². The van der Waals surface area contributed by atoms with Gasteiger partial charge >= 0.3 is 0 Å². The first-order valence-corrected chi connectivity index (χ1v) is 6.11. The van der Waals surface area contributed by atoms with E-state index in [1.165, 1.54) is 0 Å². The highest BCUT2D eigenvalue weighted by Gasteiger charge is 2.26. The molecule has 0 unspecified atom stereocenters. The Morgan fingerprint density at radius 1 is 1.56 bits per heavy atom. The van der Waals surface area contributed by atoms with E-state index in [1.807, 2.05) is 25.1 Å². The van der Waals surface area contributed by atoms with E-state index in [-0.39, 0.29) is 12.0 Å². The quantitative estimate of drug-likeness (QED) is 0.856. The number of β-amino-alcohol motifs (C(OH)–C–C–N with tert-alkyl or cyclic N) is 1. The Morgan fingerprint density at radius 2 is 2.31 bits per heavy atom. The summed E-state index contributed by atoms with van der Waals surface area (Å²) in [6.45, 7) is 3.04. The van der Waals surface area contributed by atoms with Crippen molar-refractivity contribution in [2.24, 2.45) is 0 Å². The van der Waals surface area contributed by atoms with Crippen molar-refractivity contribution in [2.75, 3.05) is 13.1 Å². The summed E-state index contributed by atoms with van der Waals surface area (Å²) in [7, 11) is 0. The minimum absolute atomic E-state index is 0.00729. The average Bonchev–Trinajstić information content (AvgIpc) is 2.68. The third-order valence-electron chi connectivity index (χ3n) is 2.87. The number of halogens is 1. The second-order valence-electron chi connectivity index (χ2n) is 4.13. The number of hydrogen-bond acceptors (Lipinski definition) is 2. The summed E-state index contributed by atoms with van der Waals surface area (Å²) in [5.41, 5.74) is 1.72. The molecule has 1 aliphatic rings. The zero-order valence-electron chi connectivity index (χ0n) is 9.11. The van der Waals surface area contributed by atoms with E-state index in [2.05, 4.69) is 15.9 Å². The van der Waals surface area contributed by atoms with Crippen LogP contribution in [-0.2, 0) is 0 Å². The van der Waals surface area contributed by atoms with Crippen molar-refractivity contribution in [3.63, 3.8) is 0 Å². The maximum Gasteiger partial charge on any atom is 0.255 e. The molecule has 1 atom stereocenters. The molecule has 1 aromatic rings. The Bertz CT molecular complexity index is 419. The monoisotopic (exact) mass is 283 g/mol. The van der Waals surface area contributed by atoms with Gasteiger partial charge in [0.25, 0.3) is 5.91 Å². The molecule has 0 spiro atoms. The summed E-state index contributed by atoms with van der Waals surface area (Å²) >= 11 is 3.43. The van der Waals surface area contributed by atoms with Crippen LogP contribution in [0.3, 0.4) is 0 Å². The maximum absolute atomic E-state index is 12.2. The van der Waals surface area contributed by atoms with Gasteiger partial charge in [0.15, 0.2) is 0 Å². The highest BCUT2D eigenvalue weighted by molar-refractivity contribution is 9.10. The number of carbonyl (C=O) groups is 1. The van der Waals surface area contributed by atoms with E-state index in [0.29, 0.717) is 25.1 Å². The van der Waals surface area contributed by atoms with Crippen molar-refractivity contribution >= 4 is 21.8 Å². The lowest BCUT2D eigenvalue weighted by molar-refractivity contribution is 0.0764. The van der Waals surface area contributed by atoms with Crippen LogP contribution in [0.2, 0.25) is 0 Å². The lowest BCUT2D eigenvalue weighted by Crippen LogP contribution is -2.29. The van der Waals surface area contributed by atoms with Crippen molar-refractivity contribution in [1.29, 1.82) is 0 Å². The molecule has 1 heterocycles. The van der Waals surface area contributed by atoms with Gasteiger partial charge in [0, 0.05) is 17.6 Å². The van der Waals surface area contributed by atoms with Gasteiger partial charge in [-0.1, -0.05) is 12.1 Å². The molecule has 4 heteroatoms. The number of nitrogens with zero attached hydrogens (tertiary/aromatic N) is 1. The molecule has 1 N–H and O–H groups in total. The number of carbonyl (C=O) groups excluding carboxylic acids is 1. The van der Waals surface area contributed by atoms with Crippen molar-refractivity contribution < 1.29 is 9.90 Å². The number of benzene rings is 1. The molecule has 1 fully saturated rings. The summed E-state index contributed by atoms with van der Waals surface area (Å²) in [6.07, 6.45) is 0.308. The van der Waals surface area contributed by atoms with Crippen molar-refractivity contribution in [3.8, 4) is 0 Å². The Hall–Kier alpha value is -0.870. The number of rotatable bonds is 1. The van der Waals surface area contributed by atoms with Gasteiger partial charge in [-0.15, -0.1) is 0 Å². The lowest BCUT2D eigenvalue weighted by Gasteiger charge is -2.17. The van der Waals surface area contributed by atoms with Crippen LogP contribution in [0.1, 0.15) is 22.3 Å². The van der Waals surface area contributed by atoms with E-state index in [4.69, 9.17) is 0 Å². The number of amides is 1. The number of aryl methyl sites for hydroxylation is 1. The van der Waals surface area contributed by atoms with Gasteiger partial charge in [0.1, 0.15) is 0 Å². The molecule has 1 amide bonds.